The summed E-state index contributed by atoms with van der Waals surface area (Å²) in [6, 6.07) is 29.4. The van der Waals surface area contributed by atoms with Gasteiger partial charge in [-0.3, -0.25) is 44.5 Å². The molecule has 5 N–H and O–H groups in total. The SMILES string of the molecule is CCN1CCOCC1CNc1ccc(S(=O)(=O)NC(=O)c2ccc(N3CCN(CC4=C(c5ccc(C(F)(F)F)cc5Cl)CC(C)(C)CC4)CC3)cc2Oc2cnc3[nH]c(N(c4ccc(S(=O)(=O)NC(=O)c5ccc(N6CCN(CC7=C(c8ccc(C(F)(F)F)cc8Cl)CC(C)(C)CC7)CC6)cc5Oc5cnc6[nH]ccc6c5)cc4[N+](=O)[O-])C4CCN(C5CCOCC5)CC4)cc3c2)cc1[N+](=O)[O-]. The summed E-state index contributed by atoms with van der Waals surface area (Å²) in [5.74, 6) is -1.93. The van der Waals surface area contributed by atoms with Crippen LogP contribution in [0.1, 0.15) is 142 Å². The first-order valence-electron chi connectivity index (χ1n) is 45.8. The number of hydrogen-bond donors (Lipinski definition) is 5. The second kappa shape index (κ2) is 39.8. The lowest BCUT2D eigenvalue weighted by Gasteiger charge is -2.42. The van der Waals surface area contributed by atoms with Crippen molar-refractivity contribution in [2.24, 2.45) is 10.8 Å². The summed E-state index contributed by atoms with van der Waals surface area (Å²) in [4.78, 5) is 84.2. The molecule has 6 aromatic carbocycles. The zero-order valence-electron chi connectivity index (χ0n) is 76.1. The van der Waals surface area contributed by atoms with E-state index >= 15 is 0 Å². The van der Waals surface area contributed by atoms with Gasteiger partial charge in [-0.25, -0.2) is 36.2 Å². The van der Waals surface area contributed by atoms with Gasteiger partial charge in [0.1, 0.15) is 51.5 Å². The number of pyridine rings is 2. The second-order valence-electron chi connectivity index (χ2n) is 37.6. The number of likely N-dealkylation sites (tertiary alicyclic amines) is 1. The van der Waals surface area contributed by atoms with Crippen molar-refractivity contribution in [3.05, 3.63) is 227 Å². The van der Waals surface area contributed by atoms with E-state index in [2.05, 4.69) is 86.8 Å². The summed E-state index contributed by atoms with van der Waals surface area (Å²) in [5.41, 5.74) is 3.57. The van der Waals surface area contributed by atoms with E-state index in [0.29, 0.717) is 195 Å². The van der Waals surface area contributed by atoms with Crippen molar-refractivity contribution >= 4 is 128 Å². The molecule has 7 aliphatic rings. The number of nitrogens with one attached hydrogen (secondary N) is 5. The molecule has 4 aromatic heterocycles. The molecular formula is C97H106Cl2F6N16O14S2. The normalized spacial score (nSPS) is 19.0. The number of hydrogen-bond acceptors (Lipinski definition) is 24. The van der Waals surface area contributed by atoms with E-state index in [1.165, 1.54) is 54.9 Å². The molecule has 1 atom stereocenters. The Kier molecular flexibility index (Phi) is 28.2. The van der Waals surface area contributed by atoms with Gasteiger partial charge >= 0.3 is 12.4 Å². The second-order valence-corrected chi connectivity index (χ2v) is 41.8. The number of allylic oxidation sites excluding steroid dienone is 2. The fourth-order valence-corrected chi connectivity index (χ4v) is 22.3. The Morgan fingerprint density at radius 1 is 0.584 bits per heavy atom. The number of nitro groups is 2. The van der Waals surface area contributed by atoms with Crippen LogP contribution in [0.2, 0.25) is 10.0 Å². The first-order valence-corrected chi connectivity index (χ1v) is 49.5. The van der Waals surface area contributed by atoms with Crippen molar-refractivity contribution in [2.45, 2.75) is 139 Å². The third-order valence-electron chi connectivity index (χ3n) is 27.4. The van der Waals surface area contributed by atoms with Crippen LogP contribution in [0.5, 0.6) is 23.0 Å². The molecule has 17 rings (SSSR count). The molecule has 5 aliphatic heterocycles. The van der Waals surface area contributed by atoms with Crippen LogP contribution in [0.25, 0.3) is 33.2 Å². The summed E-state index contributed by atoms with van der Waals surface area (Å²) in [6.07, 6.45) is 2.28. The molecule has 0 saturated carbocycles. The van der Waals surface area contributed by atoms with Gasteiger partial charge < -0.3 is 53.8 Å². The van der Waals surface area contributed by atoms with Crippen LogP contribution in [0, 0.1) is 31.1 Å². The Morgan fingerprint density at radius 3 is 1.61 bits per heavy atom. The maximum absolute atomic E-state index is 14.9. The number of piperazine rings is 2. The van der Waals surface area contributed by atoms with Gasteiger partial charge in [0, 0.05) is 180 Å². The molecule has 726 valence electrons. The fourth-order valence-electron chi connectivity index (χ4n) is 19.8. The number of nitro benzene ring substituents is 2. The first kappa shape index (κ1) is 97.2. The zero-order valence-corrected chi connectivity index (χ0v) is 79.3. The van der Waals surface area contributed by atoms with Crippen LogP contribution in [0.15, 0.2) is 173 Å². The van der Waals surface area contributed by atoms with E-state index in [4.69, 9.17) is 47.1 Å². The van der Waals surface area contributed by atoms with Gasteiger partial charge in [0.2, 0.25) is 0 Å². The van der Waals surface area contributed by atoms with Crippen molar-refractivity contribution < 1.29 is 81.6 Å². The van der Waals surface area contributed by atoms with Crippen LogP contribution < -0.4 is 38.9 Å². The zero-order chi connectivity index (χ0) is 96.8. The Morgan fingerprint density at radius 2 is 1.09 bits per heavy atom. The number of nitrogens with zero attached hydrogens (tertiary/aromatic N) is 11. The highest BCUT2D eigenvalue weighted by Gasteiger charge is 2.41. The number of alkyl halides is 6. The van der Waals surface area contributed by atoms with Crippen LogP contribution in [-0.2, 0) is 41.9 Å². The number of aromatic nitrogens is 4. The van der Waals surface area contributed by atoms with E-state index in [0.717, 1.165) is 96.9 Å². The van der Waals surface area contributed by atoms with E-state index in [9.17, 15) is 73.0 Å². The van der Waals surface area contributed by atoms with Crippen LogP contribution in [-0.4, -0.2) is 221 Å². The molecule has 137 heavy (non-hydrogen) atoms. The molecular weight excluding hydrogens is 1860 g/mol. The highest BCUT2D eigenvalue weighted by molar-refractivity contribution is 7.90. The van der Waals surface area contributed by atoms with Crippen LogP contribution in [0.4, 0.5) is 66.3 Å². The van der Waals surface area contributed by atoms with Gasteiger partial charge in [-0.2, -0.15) is 26.3 Å². The van der Waals surface area contributed by atoms with Crippen molar-refractivity contribution in [1.82, 2.24) is 49.0 Å². The number of halogens is 8. The lowest BCUT2D eigenvalue weighted by atomic mass is 9.72. The summed E-state index contributed by atoms with van der Waals surface area (Å²) in [7, 11) is -9.85. The summed E-state index contributed by atoms with van der Waals surface area (Å²) >= 11 is 13.3. The maximum atomic E-state index is 14.9. The van der Waals surface area contributed by atoms with E-state index in [1.54, 1.807) is 59.6 Å². The molecule has 5 saturated heterocycles. The Balaban J connectivity index is 0.651. The molecule has 5 fully saturated rings. The number of ether oxygens (including phenoxy) is 4. The van der Waals surface area contributed by atoms with E-state index in [-0.39, 0.29) is 90.7 Å². The number of morpholine rings is 1. The van der Waals surface area contributed by atoms with Gasteiger partial charge in [0.25, 0.3) is 43.2 Å². The lowest BCUT2D eigenvalue weighted by molar-refractivity contribution is -0.384. The molecule has 0 spiro atoms. The molecule has 40 heteroatoms. The molecule has 0 radical (unpaired) electrons. The Hall–Kier alpha value is -11.5. The van der Waals surface area contributed by atoms with Gasteiger partial charge in [-0.15, -0.1) is 0 Å². The van der Waals surface area contributed by atoms with Crippen LogP contribution in [0.3, 0.4) is 0 Å². The number of sulfonamides is 2. The number of benzene rings is 6. The average molecular weight is 1970 g/mol. The minimum absolute atomic E-state index is 0.0156. The highest BCUT2D eigenvalue weighted by Crippen LogP contribution is 2.50. The quantitative estimate of drug-likeness (QED) is 0.0173. The average Bonchev–Trinajstić information content (AvgIpc) is 1.63. The minimum Gasteiger partial charge on any atom is -0.455 e. The molecule has 30 nitrogen and oxygen atoms in total. The van der Waals surface area contributed by atoms with Gasteiger partial charge in [-0.05, 0) is 201 Å². The number of likely N-dealkylation sites (N-methyl/N-ethyl adjacent to an activating group) is 1. The number of fused-ring (bicyclic) bond motifs is 2. The Bertz CT molecular complexity index is 6590. The largest absolute Gasteiger partial charge is 0.455 e. The standard InChI is InChI=1S/C97H106Cl2F6N16O14S2/c1-6-115-39-42-133-59-70(115)54-107-83-17-11-73(50-85(83)120(124)125)136(128,129)111-92(122)78-16-10-69(118-37-33-114(34-38-118)58-62-20-27-95(4,5)53-80(62)76-14-8-65(47-82(76)99)97(103,104)105)49-88(78)135-72-44-63-45-89(110-91(63)109-56-72)119(67-22-29-116(30-23-67)66-24-40-132-41-25-66)84-18-12-74(51-86(84)121(126)127)137(130,131)112-93(123)77-15-9-68(48-87(77)134-71-43-60-21-28-106-90(60)108-55-71)117-35-31-113(32-36-117)57-61-19-26-94(2,3)52-79(61)75-13-7-64(46-81(75)98)96(100,101)102/h7-18,21,28,43-51,55-56,66-67,70,107H,6,19-20,22-27,29-42,52-54,57-59H2,1-5H3,(H,106,108)(H,109,110)(H,111,122)(H,112,123). The van der Waals surface area contributed by atoms with Gasteiger partial charge in [0.05, 0.1) is 73.5 Å². The molecule has 10 aromatic rings. The van der Waals surface area contributed by atoms with Crippen molar-refractivity contribution in [3.63, 3.8) is 0 Å². The minimum atomic E-state index is -4.97. The number of rotatable bonds is 28. The van der Waals surface area contributed by atoms with Crippen molar-refractivity contribution in [3.8, 4) is 23.0 Å². The highest BCUT2D eigenvalue weighted by atomic mass is 35.5. The predicted molar refractivity (Wildman–Crippen MR) is 511 cm³/mol. The monoisotopic (exact) mass is 1970 g/mol. The van der Waals surface area contributed by atoms with Gasteiger partial charge in [-0.1, -0.05) is 81.1 Å². The summed E-state index contributed by atoms with van der Waals surface area (Å²) in [6.45, 7) is 20.5. The number of aromatic amines is 2. The molecule has 1 unspecified atom stereocenters. The third kappa shape index (κ3) is 22.2. The summed E-state index contributed by atoms with van der Waals surface area (Å²) < 4.78 is 171. The Labute approximate surface area is 798 Å². The molecule has 9 heterocycles. The number of piperidine rings is 1. The lowest BCUT2D eigenvalue weighted by Crippen LogP contribution is -2.48. The number of amides is 2. The number of carbonyl (C=O) groups is 2. The molecule has 2 amide bonds. The topological polar surface area (TPSA) is 342 Å². The van der Waals surface area contributed by atoms with Crippen molar-refractivity contribution in [2.75, 3.05) is 145 Å². The van der Waals surface area contributed by atoms with E-state index < -0.39 is 92.4 Å². The smallest absolute Gasteiger partial charge is 0.416 e. The third-order valence-corrected chi connectivity index (χ3v) is 30.6. The first-order chi connectivity index (χ1) is 65.3. The van der Waals surface area contributed by atoms with Crippen molar-refractivity contribution in [1.29, 1.82) is 0 Å². The molecule has 0 bridgehead atoms. The number of anilines is 5. The number of carbonyl (C=O) groups excluding carboxylic acids is 2. The number of H-pyrrole nitrogens is 2. The predicted octanol–water partition coefficient (Wildman–Crippen LogP) is 18.9. The maximum Gasteiger partial charge on any atom is 0.416 e. The molecule has 2 aliphatic carbocycles. The fraction of sp³-hybridized carbons (Fsp3) is 0.423. The van der Waals surface area contributed by atoms with Gasteiger partial charge in [0.15, 0.2) is 0 Å². The van der Waals surface area contributed by atoms with E-state index in [1.807, 2.05) is 6.92 Å². The van der Waals surface area contributed by atoms with Crippen LogP contribution >= 0.6 is 23.2 Å². The summed E-state index contributed by atoms with van der Waals surface area (Å²) in [5, 5.41) is 30.7.